The zero-order chi connectivity index (χ0) is 18.1. The third kappa shape index (κ3) is 2.90. The Labute approximate surface area is 154 Å². The summed E-state index contributed by atoms with van der Waals surface area (Å²) in [4.78, 5) is 14.0. The molecule has 2 aliphatic rings. The molecule has 1 aliphatic carbocycles. The van der Waals surface area contributed by atoms with Crippen molar-refractivity contribution < 1.29 is 4.84 Å². The van der Waals surface area contributed by atoms with Crippen LogP contribution in [0.3, 0.4) is 0 Å². The Bertz CT molecular complexity index is 838. The van der Waals surface area contributed by atoms with Crippen LogP contribution < -0.4 is 5.32 Å². The van der Waals surface area contributed by atoms with Gasteiger partial charge in [-0.3, -0.25) is 0 Å². The number of oxime groups is 1. The van der Waals surface area contributed by atoms with E-state index in [2.05, 4.69) is 52.5 Å². The fourth-order valence-corrected chi connectivity index (χ4v) is 4.26. The molecule has 4 rings (SSSR count). The number of nitrogens with zero attached hydrogens (tertiary/aromatic N) is 3. The summed E-state index contributed by atoms with van der Waals surface area (Å²) in [5.74, 6) is 0.753. The smallest absolute Gasteiger partial charge is 0.116 e. The van der Waals surface area contributed by atoms with Gasteiger partial charge in [0.15, 0.2) is 0 Å². The molecular formula is C21H26N4O. The van der Waals surface area contributed by atoms with E-state index < -0.39 is 0 Å². The minimum atomic E-state index is -0.299. The number of aromatic nitrogens is 2. The molecule has 1 N–H and O–H groups in total. The average molecular weight is 350 g/mol. The van der Waals surface area contributed by atoms with Crippen LogP contribution in [0.25, 0.3) is 11.3 Å². The van der Waals surface area contributed by atoms with Crippen LogP contribution in [0, 0.1) is 5.92 Å². The highest BCUT2D eigenvalue weighted by atomic mass is 16.6. The highest BCUT2D eigenvalue weighted by Crippen LogP contribution is 2.42. The first-order valence-corrected chi connectivity index (χ1v) is 9.37. The molecule has 5 nitrogen and oxygen atoms in total. The van der Waals surface area contributed by atoms with E-state index >= 15 is 0 Å². The molecule has 1 aliphatic heterocycles. The van der Waals surface area contributed by atoms with Crippen molar-refractivity contribution in [2.24, 2.45) is 11.1 Å². The minimum absolute atomic E-state index is 0.299. The van der Waals surface area contributed by atoms with E-state index in [1.54, 1.807) is 13.4 Å². The molecule has 0 saturated carbocycles. The zero-order valence-corrected chi connectivity index (χ0v) is 15.7. The third-order valence-electron chi connectivity index (χ3n) is 5.74. The van der Waals surface area contributed by atoms with E-state index in [1.807, 2.05) is 6.20 Å². The number of hydrogen-bond acceptors (Lipinski definition) is 5. The predicted molar refractivity (Wildman–Crippen MR) is 103 cm³/mol. The van der Waals surface area contributed by atoms with Gasteiger partial charge in [0.2, 0.25) is 0 Å². The van der Waals surface area contributed by atoms with Gasteiger partial charge in [-0.15, -0.1) is 0 Å². The van der Waals surface area contributed by atoms with Crippen molar-refractivity contribution in [1.82, 2.24) is 15.3 Å². The van der Waals surface area contributed by atoms with Crippen LogP contribution in [0.4, 0.5) is 0 Å². The highest BCUT2D eigenvalue weighted by molar-refractivity contribution is 6.14. The molecule has 1 aromatic heterocycles. The summed E-state index contributed by atoms with van der Waals surface area (Å²) in [5, 5.41) is 7.86. The van der Waals surface area contributed by atoms with Crippen molar-refractivity contribution in [3.63, 3.8) is 0 Å². The Morgan fingerprint density at radius 3 is 2.81 bits per heavy atom. The molecule has 26 heavy (non-hydrogen) atoms. The molecule has 1 saturated heterocycles. The maximum absolute atomic E-state index is 5.22. The van der Waals surface area contributed by atoms with Gasteiger partial charge in [-0.25, -0.2) is 9.97 Å². The number of benzene rings is 1. The van der Waals surface area contributed by atoms with Crippen molar-refractivity contribution in [3.8, 4) is 11.3 Å². The molecule has 136 valence electrons. The first kappa shape index (κ1) is 17.2. The zero-order valence-electron chi connectivity index (χ0n) is 15.7. The van der Waals surface area contributed by atoms with Crippen LogP contribution in [0.1, 0.15) is 43.4 Å². The first-order valence-electron chi connectivity index (χ1n) is 9.37. The summed E-state index contributed by atoms with van der Waals surface area (Å²) in [6.07, 6.45) is 7.14. The minimum Gasteiger partial charge on any atom is -0.399 e. The van der Waals surface area contributed by atoms with Gasteiger partial charge in [0.05, 0.1) is 11.4 Å². The number of fused-ring (bicyclic) bond motifs is 3. The molecule has 2 aromatic rings. The fourth-order valence-electron chi connectivity index (χ4n) is 4.26. The molecule has 0 bridgehead atoms. The van der Waals surface area contributed by atoms with Crippen LogP contribution in [0.2, 0.25) is 0 Å². The molecular weight excluding hydrogens is 324 g/mol. The first-order chi connectivity index (χ1) is 12.6. The summed E-state index contributed by atoms with van der Waals surface area (Å²) < 4.78 is 0. The van der Waals surface area contributed by atoms with Crippen molar-refractivity contribution >= 4 is 5.71 Å². The highest BCUT2D eigenvalue weighted by Gasteiger charge is 2.39. The maximum atomic E-state index is 5.22. The Balaban J connectivity index is 1.79. The fraction of sp³-hybridized carbons (Fsp3) is 0.476. The van der Waals surface area contributed by atoms with Crippen molar-refractivity contribution in [2.45, 2.75) is 38.5 Å². The Hall–Kier alpha value is -2.27. The third-order valence-corrected chi connectivity index (χ3v) is 5.74. The van der Waals surface area contributed by atoms with Gasteiger partial charge in [0, 0.05) is 28.3 Å². The van der Waals surface area contributed by atoms with Gasteiger partial charge < -0.3 is 10.2 Å². The monoisotopic (exact) mass is 350 g/mol. The van der Waals surface area contributed by atoms with Crippen molar-refractivity contribution in [1.29, 1.82) is 0 Å². The molecule has 1 aromatic carbocycles. The number of rotatable bonds is 3. The Kier molecular flexibility index (Phi) is 4.49. The lowest BCUT2D eigenvalue weighted by Gasteiger charge is -2.34. The molecule has 0 amide bonds. The van der Waals surface area contributed by atoms with E-state index in [-0.39, 0.29) is 5.41 Å². The molecule has 2 heterocycles. The van der Waals surface area contributed by atoms with Crippen molar-refractivity contribution in [3.05, 3.63) is 47.4 Å². The average Bonchev–Trinajstić information content (AvgIpc) is 2.66. The summed E-state index contributed by atoms with van der Waals surface area (Å²) >= 11 is 0. The van der Waals surface area contributed by atoms with E-state index in [1.165, 1.54) is 18.4 Å². The second-order valence-electron chi connectivity index (χ2n) is 7.81. The van der Waals surface area contributed by atoms with Crippen LogP contribution >= 0.6 is 0 Å². The van der Waals surface area contributed by atoms with Gasteiger partial charge in [0.25, 0.3) is 0 Å². The summed E-state index contributed by atoms with van der Waals surface area (Å²) in [6, 6.07) is 6.73. The molecule has 0 spiro atoms. The standard InChI is InChI=1S/C21H26N4O/c1-21(2)18-12-23-13-24-19(18)16-5-4-15(10-14-6-8-22-9-7-14)11-17(16)20(21)25-26-3/h4-5,11-14,22H,6-10H2,1-3H3/b25-20+. The van der Waals surface area contributed by atoms with E-state index in [0.717, 1.165) is 53.5 Å². The number of hydrogen-bond donors (Lipinski definition) is 1. The second-order valence-corrected chi connectivity index (χ2v) is 7.81. The van der Waals surface area contributed by atoms with E-state index in [4.69, 9.17) is 4.84 Å². The molecule has 1 fully saturated rings. The topological polar surface area (TPSA) is 59.4 Å². The maximum Gasteiger partial charge on any atom is 0.116 e. The largest absolute Gasteiger partial charge is 0.399 e. The second kappa shape index (κ2) is 6.80. The molecule has 0 unspecified atom stereocenters. The van der Waals surface area contributed by atoms with Gasteiger partial charge in [-0.05, 0) is 63.7 Å². The van der Waals surface area contributed by atoms with Crippen LogP contribution in [0.5, 0.6) is 0 Å². The molecule has 5 heteroatoms. The van der Waals surface area contributed by atoms with Crippen molar-refractivity contribution in [2.75, 3.05) is 20.2 Å². The number of piperidine rings is 1. The molecule has 0 atom stereocenters. The quantitative estimate of drug-likeness (QED) is 0.863. The normalized spacial score (nSPS) is 20.5. The Morgan fingerprint density at radius 1 is 1.23 bits per heavy atom. The summed E-state index contributed by atoms with van der Waals surface area (Å²) in [6.45, 7) is 6.58. The summed E-state index contributed by atoms with van der Waals surface area (Å²) in [7, 11) is 1.61. The van der Waals surface area contributed by atoms with E-state index in [9.17, 15) is 0 Å². The Morgan fingerprint density at radius 2 is 2.04 bits per heavy atom. The lowest BCUT2D eigenvalue weighted by molar-refractivity contribution is 0.211. The lowest BCUT2D eigenvalue weighted by Crippen LogP contribution is -2.35. The van der Waals surface area contributed by atoms with E-state index in [0.29, 0.717) is 0 Å². The van der Waals surface area contributed by atoms with Gasteiger partial charge in [0.1, 0.15) is 13.4 Å². The molecule has 0 radical (unpaired) electrons. The van der Waals surface area contributed by atoms with Gasteiger partial charge >= 0.3 is 0 Å². The van der Waals surface area contributed by atoms with Gasteiger partial charge in [-0.2, -0.15) is 0 Å². The van der Waals surface area contributed by atoms with Crippen LogP contribution in [0.15, 0.2) is 35.9 Å². The van der Waals surface area contributed by atoms with Crippen LogP contribution in [-0.4, -0.2) is 35.9 Å². The summed E-state index contributed by atoms with van der Waals surface area (Å²) in [5.41, 5.74) is 6.36. The SMILES string of the molecule is CO/N=C1\c2cc(CC3CCNCC3)ccc2-c2ncncc2C1(C)C. The number of nitrogens with one attached hydrogen (secondary N) is 1. The van der Waals surface area contributed by atoms with Gasteiger partial charge in [-0.1, -0.05) is 17.3 Å². The van der Waals surface area contributed by atoms with Crippen LogP contribution in [-0.2, 0) is 16.7 Å². The lowest BCUT2D eigenvalue weighted by atomic mass is 9.70. The predicted octanol–water partition coefficient (Wildman–Crippen LogP) is 3.33.